The molecule has 0 heterocycles. The number of carbonyl (C=O) groups is 1. The van der Waals surface area contributed by atoms with E-state index in [4.69, 9.17) is 5.73 Å². The molecule has 16 heavy (non-hydrogen) atoms. The second-order valence-corrected chi connectivity index (χ2v) is 4.71. The maximum atomic E-state index is 11.7. The molecule has 3 nitrogen and oxygen atoms in total. The number of rotatable bonds is 6. The molecule has 3 N–H and O–H groups in total. The summed E-state index contributed by atoms with van der Waals surface area (Å²) in [4.78, 5) is 11.7. The quantitative estimate of drug-likeness (QED) is 0.678. The lowest BCUT2D eigenvalue weighted by atomic mass is 9.99. The molecule has 0 aromatic rings. The maximum absolute atomic E-state index is 11.7. The first-order valence-corrected chi connectivity index (χ1v) is 6.36. The highest BCUT2D eigenvalue weighted by Crippen LogP contribution is 2.19. The fraction of sp³-hybridized carbons (Fsp3) is 0.769. The van der Waals surface area contributed by atoms with E-state index in [1.807, 2.05) is 6.92 Å². The van der Waals surface area contributed by atoms with E-state index in [2.05, 4.69) is 18.3 Å². The minimum Gasteiger partial charge on any atom is -0.354 e. The zero-order valence-corrected chi connectivity index (χ0v) is 10.5. The molecule has 0 saturated heterocycles. The molecule has 3 heteroatoms. The lowest BCUT2D eigenvalue weighted by molar-refractivity contribution is -0.123. The molecule has 0 radical (unpaired) electrons. The van der Waals surface area contributed by atoms with Gasteiger partial charge < -0.3 is 11.1 Å². The van der Waals surface area contributed by atoms with Crippen molar-refractivity contribution < 1.29 is 4.79 Å². The molecular formula is C13H24N2O. The first-order chi connectivity index (χ1) is 7.65. The maximum Gasteiger partial charge on any atom is 0.237 e. The van der Waals surface area contributed by atoms with Crippen LogP contribution in [0.3, 0.4) is 0 Å². The summed E-state index contributed by atoms with van der Waals surface area (Å²) < 4.78 is 0. The largest absolute Gasteiger partial charge is 0.354 e. The van der Waals surface area contributed by atoms with E-state index < -0.39 is 0 Å². The molecule has 1 aliphatic rings. The zero-order chi connectivity index (χ0) is 12.0. The smallest absolute Gasteiger partial charge is 0.237 e. The summed E-state index contributed by atoms with van der Waals surface area (Å²) in [6.07, 6.45) is 7.90. The summed E-state index contributed by atoms with van der Waals surface area (Å²) in [5.41, 5.74) is 7.32. The van der Waals surface area contributed by atoms with Gasteiger partial charge in [0.2, 0.25) is 5.91 Å². The fourth-order valence-corrected chi connectivity index (χ4v) is 1.94. The van der Waals surface area contributed by atoms with Crippen LogP contribution in [0.25, 0.3) is 0 Å². The molecule has 1 amide bonds. The summed E-state index contributed by atoms with van der Waals surface area (Å²) in [5, 5.41) is 2.92. The van der Waals surface area contributed by atoms with Gasteiger partial charge in [0, 0.05) is 6.54 Å². The van der Waals surface area contributed by atoms with Crippen LogP contribution in [0.5, 0.6) is 0 Å². The Morgan fingerprint density at radius 3 is 2.94 bits per heavy atom. The van der Waals surface area contributed by atoms with Crippen molar-refractivity contribution >= 4 is 5.91 Å². The molecule has 0 saturated carbocycles. The van der Waals surface area contributed by atoms with Gasteiger partial charge in [-0.25, -0.2) is 0 Å². The molecule has 0 aromatic heterocycles. The third-order valence-electron chi connectivity index (χ3n) is 3.44. The fourth-order valence-electron chi connectivity index (χ4n) is 1.94. The van der Waals surface area contributed by atoms with Crippen molar-refractivity contribution in [1.82, 2.24) is 5.32 Å². The Morgan fingerprint density at radius 1 is 1.62 bits per heavy atom. The van der Waals surface area contributed by atoms with Crippen LogP contribution in [0, 0.1) is 5.92 Å². The SMILES string of the molecule is CC[C@H](C)[C@H](N)C(=O)NCCC1=CCCC1. The zero-order valence-electron chi connectivity index (χ0n) is 10.5. The van der Waals surface area contributed by atoms with Gasteiger partial charge in [0.15, 0.2) is 0 Å². The summed E-state index contributed by atoms with van der Waals surface area (Å²) >= 11 is 0. The van der Waals surface area contributed by atoms with Gasteiger partial charge >= 0.3 is 0 Å². The Bertz CT molecular complexity index is 261. The van der Waals surface area contributed by atoms with Crippen LogP contribution in [0.4, 0.5) is 0 Å². The lowest BCUT2D eigenvalue weighted by Crippen LogP contribution is -2.44. The molecule has 0 aromatic carbocycles. The Kier molecular flexibility index (Phi) is 5.53. The van der Waals surface area contributed by atoms with Crippen LogP contribution in [0.2, 0.25) is 0 Å². The number of amides is 1. The van der Waals surface area contributed by atoms with Crippen molar-refractivity contribution in [1.29, 1.82) is 0 Å². The predicted molar refractivity (Wildman–Crippen MR) is 67.0 cm³/mol. The lowest BCUT2D eigenvalue weighted by Gasteiger charge is -2.17. The summed E-state index contributed by atoms with van der Waals surface area (Å²) in [5.74, 6) is 0.249. The normalized spacial score (nSPS) is 19.1. The molecular weight excluding hydrogens is 200 g/mol. The van der Waals surface area contributed by atoms with Crippen molar-refractivity contribution in [3.63, 3.8) is 0 Å². The van der Waals surface area contributed by atoms with E-state index in [0.29, 0.717) is 0 Å². The van der Waals surface area contributed by atoms with Gasteiger partial charge in [-0.3, -0.25) is 4.79 Å². The van der Waals surface area contributed by atoms with Crippen molar-refractivity contribution in [2.24, 2.45) is 11.7 Å². The minimum absolute atomic E-state index is 0.00653. The van der Waals surface area contributed by atoms with E-state index in [9.17, 15) is 4.79 Å². The van der Waals surface area contributed by atoms with Gasteiger partial charge in [-0.1, -0.05) is 31.9 Å². The van der Waals surface area contributed by atoms with Crippen molar-refractivity contribution in [3.8, 4) is 0 Å². The Balaban J connectivity index is 2.19. The Labute approximate surface area is 98.5 Å². The molecule has 0 bridgehead atoms. The molecule has 0 fully saturated rings. The standard InChI is InChI=1S/C13H24N2O/c1-3-10(2)12(14)13(16)15-9-8-11-6-4-5-7-11/h6,10,12H,3-5,7-9,14H2,1-2H3,(H,15,16)/t10-,12-/m0/s1. The van der Waals surface area contributed by atoms with Gasteiger partial charge in [-0.15, -0.1) is 0 Å². The Morgan fingerprint density at radius 2 is 2.38 bits per heavy atom. The van der Waals surface area contributed by atoms with Gasteiger partial charge in [0.05, 0.1) is 6.04 Å². The number of allylic oxidation sites excluding steroid dienone is 1. The number of nitrogens with one attached hydrogen (secondary N) is 1. The van der Waals surface area contributed by atoms with Crippen molar-refractivity contribution in [3.05, 3.63) is 11.6 Å². The van der Waals surface area contributed by atoms with E-state index in [0.717, 1.165) is 19.4 Å². The first-order valence-electron chi connectivity index (χ1n) is 6.36. The monoisotopic (exact) mass is 224 g/mol. The van der Waals surface area contributed by atoms with Crippen molar-refractivity contribution in [2.75, 3.05) is 6.54 Å². The molecule has 1 rings (SSSR count). The van der Waals surface area contributed by atoms with Gasteiger partial charge in [-0.05, 0) is 31.6 Å². The third-order valence-corrected chi connectivity index (χ3v) is 3.44. The molecule has 0 aliphatic heterocycles. The van der Waals surface area contributed by atoms with Crippen molar-refractivity contribution in [2.45, 2.75) is 52.0 Å². The summed E-state index contributed by atoms with van der Waals surface area (Å²) in [6, 6.07) is -0.359. The highest BCUT2D eigenvalue weighted by molar-refractivity contribution is 5.81. The van der Waals surface area contributed by atoms with Crippen LogP contribution in [0.15, 0.2) is 11.6 Å². The number of carbonyl (C=O) groups excluding carboxylic acids is 1. The van der Waals surface area contributed by atoms with Crippen LogP contribution >= 0.6 is 0 Å². The van der Waals surface area contributed by atoms with Crippen LogP contribution in [-0.4, -0.2) is 18.5 Å². The van der Waals surface area contributed by atoms with Crippen LogP contribution in [0.1, 0.15) is 46.0 Å². The second-order valence-electron chi connectivity index (χ2n) is 4.71. The average Bonchev–Trinajstić information content (AvgIpc) is 2.79. The van der Waals surface area contributed by atoms with E-state index in [-0.39, 0.29) is 17.9 Å². The highest BCUT2D eigenvalue weighted by atomic mass is 16.2. The second kappa shape index (κ2) is 6.69. The minimum atomic E-state index is -0.359. The molecule has 92 valence electrons. The predicted octanol–water partition coefficient (Wildman–Crippen LogP) is 1.98. The summed E-state index contributed by atoms with van der Waals surface area (Å²) in [6.45, 7) is 4.81. The summed E-state index contributed by atoms with van der Waals surface area (Å²) in [7, 11) is 0. The molecule has 0 unspecified atom stereocenters. The average molecular weight is 224 g/mol. The van der Waals surface area contributed by atoms with Gasteiger partial charge in [0.25, 0.3) is 0 Å². The van der Waals surface area contributed by atoms with Gasteiger partial charge in [0.1, 0.15) is 0 Å². The van der Waals surface area contributed by atoms with E-state index in [1.54, 1.807) is 0 Å². The van der Waals surface area contributed by atoms with E-state index >= 15 is 0 Å². The van der Waals surface area contributed by atoms with Crippen LogP contribution in [-0.2, 0) is 4.79 Å². The van der Waals surface area contributed by atoms with E-state index in [1.165, 1.54) is 24.8 Å². The number of hydrogen-bond acceptors (Lipinski definition) is 2. The topological polar surface area (TPSA) is 55.1 Å². The van der Waals surface area contributed by atoms with Gasteiger partial charge in [-0.2, -0.15) is 0 Å². The molecule has 1 aliphatic carbocycles. The third kappa shape index (κ3) is 3.97. The number of hydrogen-bond donors (Lipinski definition) is 2. The number of nitrogens with two attached hydrogens (primary N) is 1. The van der Waals surface area contributed by atoms with Crippen LogP contribution < -0.4 is 11.1 Å². The highest BCUT2D eigenvalue weighted by Gasteiger charge is 2.18. The molecule has 2 atom stereocenters. The molecule has 0 spiro atoms. The first kappa shape index (κ1) is 13.2. The Hall–Kier alpha value is -0.830.